The van der Waals surface area contributed by atoms with Crippen LogP contribution in [-0.4, -0.2) is 26.1 Å². The maximum Gasteiger partial charge on any atom is 0.277 e. The summed E-state index contributed by atoms with van der Waals surface area (Å²) in [4.78, 5) is 25.8. The summed E-state index contributed by atoms with van der Waals surface area (Å²) < 4.78 is 3.47. The highest BCUT2D eigenvalue weighted by Crippen LogP contribution is 2.22. The zero-order valence-corrected chi connectivity index (χ0v) is 19.5. The fraction of sp³-hybridized carbons (Fsp3) is 0.321. The van der Waals surface area contributed by atoms with Gasteiger partial charge in [-0.05, 0) is 68.7 Å². The van der Waals surface area contributed by atoms with E-state index in [0.717, 1.165) is 55.3 Å². The molecular weight excluding hydrogens is 424 g/mol. The van der Waals surface area contributed by atoms with Gasteiger partial charge in [0.2, 0.25) is 0 Å². The molecule has 1 atom stereocenters. The van der Waals surface area contributed by atoms with Gasteiger partial charge in [0.25, 0.3) is 11.5 Å². The number of fused-ring (bicyclic) bond motifs is 3. The van der Waals surface area contributed by atoms with E-state index in [2.05, 4.69) is 22.5 Å². The summed E-state index contributed by atoms with van der Waals surface area (Å²) in [5.41, 5.74) is 5.76. The van der Waals surface area contributed by atoms with Crippen LogP contribution in [0.1, 0.15) is 58.9 Å². The number of hydrogen-bond acceptors (Lipinski definition) is 3. The van der Waals surface area contributed by atoms with E-state index in [-0.39, 0.29) is 17.5 Å². The van der Waals surface area contributed by atoms with Crippen molar-refractivity contribution in [3.05, 3.63) is 105 Å². The van der Waals surface area contributed by atoms with Crippen molar-refractivity contribution >= 4 is 11.4 Å². The first kappa shape index (κ1) is 22.1. The molecule has 1 N–H and O–H groups in total. The second-order valence-electron chi connectivity index (χ2n) is 9.25. The molecule has 4 aromatic rings. The Morgan fingerprint density at radius 3 is 2.56 bits per heavy atom. The lowest BCUT2D eigenvalue weighted by Gasteiger charge is -2.14. The molecule has 0 aliphatic heterocycles. The number of hydrogen-bond donors (Lipinski definition) is 1. The van der Waals surface area contributed by atoms with Crippen molar-refractivity contribution in [2.24, 2.45) is 0 Å². The van der Waals surface area contributed by atoms with Crippen molar-refractivity contribution in [1.82, 2.24) is 19.5 Å². The van der Waals surface area contributed by atoms with Crippen molar-refractivity contribution in [2.75, 3.05) is 0 Å². The quantitative estimate of drug-likeness (QED) is 0.456. The zero-order chi connectivity index (χ0) is 23.5. The fourth-order valence-corrected chi connectivity index (χ4v) is 4.75. The summed E-state index contributed by atoms with van der Waals surface area (Å²) in [6.45, 7) is 2.50. The normalized spacial score (nSPS) is 14.0. The van der Waals surface area contributed by atoms with Gasteiger partial charge in [-0.1, -0.05) is 42.5 Å². The van der Waals surface area contributed by atoms with E-state index in [1.165, 1.54) is 5.56 Å². The molecule has 2 aromatic carbocycles. The highest BCUT2D eigenvalue weighted by Gasteiger charge is 2.19. The summed E-state index contributed by atoms with van der Waals surface area (Å²) in [7, 11) is 0. The Balaban J connectivity index is 1.24. The van der Waals surface area contributed by atoms with Gasteiger partial charge in [0.15, 0.2) is 0 Å². The molecule has 6 heteroatoms. The summed E-state index contributed by atoms with van der Waals surface area (Å²) in [5, 5.41) is 7.69. The van der Waals surface area contributed by atoms with Gasteiger partial charge in [-0.2, -0.15) is 5.10 Å². The van der Waals surface area contributed by atoms with Gasteiger partial charge < -0.3 is 9.88 Å². The van der Waals surface area contributed by atoms with Gasteiger partial charge in [-0.25, -0.2) is 4.52 Å². The van der Waals surface area contributed by atoms with Crippen LogP contribution in [0.4, 0.5) is 0 Å². The van der Waals surface area contributed by atoms with Crippen LogP contribution in [0, 0.1) is 0 Å². The molecule has 1 unspecified atom stereocenters. The molecule has 34 heavy (non-hydrogen) atoms. The van der Waals surface area contributed by atoms with E-state index in [1.54, 1.807) is 15.3 Å². The largest absolute Gasteiger partial charge is 0.350 e. The lowest BCUT2D eigenvalue weighted by molar-refractivity contribution is 0.0938. The van der Waals surface area contributed by atoms with E-state index in [1.807, 2.05) is 55.6 Å². The Morgan fingerprint density at radius 1 is 1.00 bits per heavy atom. The molecule has 1 aliphatic rings. The molecule has 1 aliphatic carbocycles. The second kappa shape index (κ2) is 9.67. The first-order valence-electron chi connectivity index (χ1n) is 12.1. The molecule has 2 aromatic heterocycles. The molecule has 174 valence electrons. The third kappa shape index (κ3) is 4.67. The predicted molar refractivity (Wildman–Crippen MR) is 133 cm³/mol. The summed E-state index contributed by atoms with van der Waals surface area (Å²) in [6.07, 6.45) is 9.60. The number of amides is 1. The van der Waals surface area contributed by atoms with Crippen LogP contribution < -0.4 is 10.9 Å². The van der Waals surface area contributed by atoms with E-state index in [0.29, 0.717) is 17.6 Å². The first-order valence-corrected chi connectivity index (χ1v) is 12.1. The molecule has 0 saturated carbocycles. The standard InChI is InChI=1S/C28H30N4O2/c1-20(11-12-21-7-3-2-4-8-21)29-27(33)23-15-13-22(14-16-23)19-31-17-18-32-26(28(31)34)24-9-5-6-10-25(24)30-32/h2-4,7-8,13-18,20H,5-6,9-12,19H2,1H3,(H,29,33). The molecule has 0 bridgehead atoms. The topological polar surface area (TPSA) is 68.4 Å². The highest BCUT2D eigenvalue weighted by atomic mass is 16.1. The monoisotopic (exact) mass is 454 g/mol. The van der Waals surface area contributed by atoms with Crippen LogP contribution in [0.2, 0.25) is 0 Å². The molecule has 0 fully saturated rings. The summed E-state index contributed by atoms with van der Waals surface area (Å²) >= 11 is 0. The van der Waals surface area contributed by atoms with Crippen molar-refractivity contribution < 1.29 is 4.79 Å². The average Bonchev–Trinajstić information content (AvgIpc) is 3.25. The number of nitrogens with zero attached hydrogens (tertiary/aromatic N) is 3. The Morgan fingerprint density at radius 2 is 1.76 bits per heavy atom. The van der Waals surface area contributed by atoms with E-state index in [4.69, 9.17) is 0 Å². The Kier molecular flexibility index (Phi) is 6.30. The van der Waals surface area contributed by atoms with Gasteiger partial charge >= 0.3 is 0 Å². The minimum absolute atomic E-state index is 0.00721. The number of nitrogens with one attached hydrogen (secondary N) is 1. The number of aromatic nitrogens is 3. The lowest BCUT2D eigenvalue weighted by atomic mass is 9.97. The van der Waals surface area contributed by atoms with Crippen molar-refractivity contribution in [3.63, 3.8) is 0 Å². The Bertz CT molecular complexity index is 1350. The van der Waals surface area contributed by atoms with Crippen LogP contribution in [-0.2, 0) is 25.8 Å². The molecular formula is C28H30N4O2. The van der Waals surface area contributed by atoms with Crippen LogP contribution in [0.5, 0.6) is 0 Å². The number of carbonyl (C=O) groups is 1. The lowest BCUT2D eigenvalue weighted by Crippen LogP contribution is -2.32. The first-order chi connectivity index (χ1) is 16.6. The van der Waals surface area contributed by atoms with Gasteiger partial charge in [0.05, 0.1) is 12.2 Å². The Hall–Kier alpha value is -3.67. The van der Waals surface area contributed by atoms with Crippen LogP contribution >= 0.6 is 0 Å². The van der Waals surface area contributed by atoms with Crippen molar-refractivity contribution in [3.8, 4) is 0 Å². The maximum atomic E-state index is 13.2. The molecule has 6 nitrogen and oxygen atoms in total. The Labute approximate surface area is 199 Å². The van der Waals surface area contributed by atoms with Gasteiger partial charge in [-0.3, -0.25) is 9.59 Å². The minimum atomic E-state index is -0.0726. The average molecular weight is 455 g/mol. The number of rotatable bonds is 7. The molecule has 0 saturated heterocycles. The second-order valence-corrected chi connectivity index (χ2v) is 9.25. The van der Waals surface area contributed by atoms with E-state index < -0.39 is 0 Å². The maximum absolute atomic E-state index is 13.2. The minimum Gasteiger partial charge on any atom is -0.350 e. The molecule has 1 amide bonds. The molecule has 0 spiro atoms. The summed E-state index contributed by atoms with van der Waals surface area (Å²) in [5.74, 6) is -0.0726. The predicted octanol–water partition coefficient (Wildman–Crippen LogP) is 4.17. The highest BCUT2D eigenvalue weighted by molar-refractivity contribution is 5.94. The van der Waals surface area contributed by atoms with E-state index >= 15 is 0 Å². The van der Waals surface area contributed by atoms with E-state index in [9.17, 15) is 9.59 Å². The third-order valence-corrected chi connectivity index (χ3v) is 6.69. The molecule has 0 radical (unpaired) electrons. The summed E-state index contributed by atoms with van der Waals surface area (Å²) in [6, 6.07) is 17.9. The van der Waals surface area contributed by atoms with Crippen LogP contribution in [0.3, 0.4) is 0 Å². The molecule has 5 rings (SSSR count). The van der Waals surface area contributed by atoms with Crippen molar-refractivity contribution in [1.29, 1.82) is 0 Å². The van der Waals surface area contributed by atoms with Crippen molar-refractivity contribution in [2.45, 2.75) is 58.0 Å². The number of carbonyl (C=O) groups excluding carboxylic acids is 1. The number of benzene rings is 2. The fourth-order valence-electron chi connectivity index (χ4n) is 4.75. The van der Waals surface area contributed by atoms with Crippen LogP contribution in [0.25, 0.3) is 5.52 Å². The van der Waals surface area contributed by atoms with Gasteiger partial charge in [0, 0.05) is 29.6 Å². The third-order valence-electron chi connectivity index (χ3n) is 6.69. The zero-order valence-electron chi connectivity index (χ0n) is 19.5. The van der Waals surface area contributed by atoms with Crippen LogP contribution in [0.15, 0.2) is 71.8 Å². The molecule has 2 heterocycles. The SMILES string of the molecule is CC(CCc1ccccc1)NC(=O)c1ccc(Cn2ccn3nc4c(c3c2=O)CCCC4)cc1. The van der Waals surface area contributed by atoms with Gasteiger partial charge in [-0.15, -0.1) is 0 Å². The number of aryl methyl sites for hydroxylation is 3. The van der Waals surface area contributed by atoms with Gasteiger partial charge in [0.1, 0.15) is 5.52 Å². The smallest absolute Gasteiger partial charge is 0.277 e.